The molecule has 0 fully saturated rings. The molecule has 0 aromatic carbocycles. The Bertz CT molecular complexity index is 1040. The molecule has 1 unspecified atom stereocenters. The van der Waals surface area contributed by atoms with Gasteiger partial charge in [0, 0.05) is 9.47 Å². The van der Waals surface area contributed by atoms with E-state index in [1.807, 2.05) is 0 Å². The lowest BCUT2D eigenvalue weighted by Gasteiger charge is -2.49. The molecule has 22 heteroatoms. The SMILES string of the molecule is CN(C)P(=NC(N=P(N(C)C)(N(C)C)N(C)C)C(N=P(N(C)C)(N(C)C)N(C)C)(N=P(N(C)C)(N(C)C)N(C)C)OP)(N(C)C)N(C)C. The maximum atomic E-state index is 6.80. The van der Waals surface area contributed by atoms with E-state index in [0.29, 0.717) is 0 Å². The zero-order chi connectivity index (χ0) is 38.5. The van der Waals surface area contributed by atoms with Crippen molar-refractivity contribution in [3.8, 4) is 0 Å². The maximum Gasteiger partial charge on any atom is 0.307 e. The monoisotopic (exact) mass is 782 g/mol. The van der Waals surface area contributed by atoms with E-state index >= 15 is 0 Å². The molecule has 0 bridgehead atoms. The van der Waals surface area contributed by atoms with E-state index in [2.05, 4.69) is 235 Å². The Hall–Kier alpha value is 0.830. The van der Waals surface area contributed by atoms with Crippen LogP contribution in [0.15, 0.2) is 19.0 Å². The van der Waals surface area contributed by atoms with Crippen molar-refractivity contribution in [2.75, 3.05) is 169 Å². The van der Waals surface area contributed by atoms with Crippen LogP contribution in [0.3, 0.4) is 0 Å². The number of hydrogen-bond acceptors (Lipinski definition) is 5. The van der Waals surface area contributed by atoms with Gasteiger partial charge in [-0.1, -0.05) is 0 Å². The van der Waals surface area contributed by atoms with Crippen molar-refractivity contribution < 1.29 is 4.52 Å². The molecule has 0 aliphatic heterocycles. The predicted molar refractivity (Wildman–Crippen MR) is 219 cm³/mol. The van der Waals surface area contributed by atoms with E-state index in [1.54, 1.807) is 0 Å². The van der Waals surface area contributed by atoms with Crippen molar-refractivity contribution in [2.24, 2.45) is 19.0 Å². The molecule has 0 aromatic heterocycles. The van der Waals surface area contributed by atoms with E-state index in [9.17, 15) is 0 Å². The van der Waals surface area contributed by atoms with Gasteiger partial charge < -0.3 is 4.52 Å². The minimum absolute atomic E-state index is 0.922. The third-order valence-electron chi connectivity index (χ3n) is 8.03. The summed E-state index contributed by atoms with van der Waals surface area (Å²) < 4.78 is 56.6. The first-order valence-electron chi connectivity index (χ1n) is 15.6. The van der Waals surface area contributed by atoms with E-state index in [1.165, 1.54) is 0 Å². The van der Waals surface area contributed by atoms with Gasteiger partial charge in [0.15, 0.2) is 30.0 Å². The summed E-state index contributed by atoms with van der Waals surface area (Å²) >= 11 is 0. The van der Waals surface area contributed by atoms with Crippen molar-refractivity contribution in [1.82, 2.24) is 56.0 Å². The number of nitrogens with zero attached hydrogens (tertiary/aromatic N) is 16. The highest BCUT2D eigenvalue weighted by molar-refractivity contribution is 7.60. The molecule has 290 valence electrons. The van der Waals surface area contributed by atoms with Gasteiger partial charge in [-0.25, -0.2) is 9.49 Å². The molecule has 0 spiro atoms. The second-order valence-corrected chi connectivity index (χ2v) is 28.9. The van der Waals surface area contributed by atoms with Gasteiger partial charge in [-0.15, -0.1) is 0 Å². The Balaban J connectivity index is 10.1. The van der Waals surface area contributed by atoms with E-state index in [0.717, 1.165) is 0 Å². The smallest absolute Gasteiger partial charge is 0.307 e. The molecule has 0 aromatic rings. The molecule has 0 heterocycles. The van der Waals surface area contributed by atoms with Crippen molar-refractivity contribution in [2.45, 2.75) is 12.0 Å². The lowest BCUT2D eigenvalue weighted by molar-refractivity contribution is 0.0853. The molecule has 0 saturated heterocycles. The lowest BCUT2D eigenvalue weighted by atomic mass is 10.4. The third-order valence-corrected chi connectivity index (χ3v) is 23.4. The van der Waals surface area contributed by atoms with Crippen LogP contribution in [-0.2, 0) is 4.52 Å². The van der Waals surface area contributed by atoms with Gasteiger partial charge in [0.1, 0.15) is 0 Å². The highest BCUT2D eigenvalue weighted by Gasteiger charge is 2.51. The first-order valence-corrected chi connectivity index (χ1v) is 22.5. The maximum absolute atomic E-state index is 6.80. The summed E-state index contributed by atoms with van der Waals surface area (Å²) in [6.07, 6.45) is -0.922. The summed E-state index contributed by atoms with van der Waals surface area (Å²) in [5, 5.41) is 0. The summed E-state index contributed by atoms with van der Waals surface area (Å²) in [5.41, 5.74) is 0. The molecule has 0 N–H and O–H groups in total. The zero-order valence-electron chi connectivity index (χ0n) is 35.0. The van der Waals surface area contributed by atoms with Gasteiger partial charge in [0.25, 0.3) is 0 Å². The quantitative estimate of drug-likeness (QED) is 0.185. The average Bonchev–Trinajstić information content (AvgIpc) is 2.91. The van der Waals surface area contributed by atoms with Gasteiger partial charge in [-0.05, 0) is 169 Å². The van der Waals surface area contributed by atoms with Crippen LogP contribution >= 0.6 is 39.5 Å². The van der Waals surface area contributed by atoms with Crippen molar-refractivity contribution >= 4 is 39.5 Å². The fourth-order valence-electron chi connectivity index (χ4n) is 6.53. The van der Waals surface area contributed by atoms with Crippen LogP contribution < -0.4 is 0 Å². The Morgan fingerprint density at radius 1 is 0.354 bits per heavy atom. The molecular formula is C26H75N16OP5. The van der Waals surface area contributed by atoms with Crippen LogP contribution in [0.2, 0.25) is 0 Å². The molecule has 0 rings (SSSR count). The molecule has 0 radical (unpaired) electrons. The molecule has 17 nitrogen and oxygen atoms in total. The largest absolute Gasteiger partial charge is 0.315 e. The summed E-state index contributed by atoms with van der Waals surface area (Å²) in [6, 6.07) is 0. The minimum atomic E-state index is -2.68. The van der Waals surface area contributed by atoms with Crippen LogP contribution in [-0.4, -0.2) is 237 Å². The molecule has 0 aliphatic carbocycles. The average molecular weight is 783 g/mol. The van der Waals surface area contributed by atoms with Crippen molar-refractivity contribution in [1.29, 1.82) is 0 Å². The normalized spacial score (nSPS) is 14.8. The molecular weight excluding hydrogens is 707 g/mol. The summed E-state index contributed by atoms with van der Waals surface area (Å²) in [7, 11) is 41.6. The van der Waals surface area contributed by atoms with Crippen LogP contribution in [0.25, 0.3) is 0 Å². The third kappa shape index (κ3) is 9.12. The van der Waals surface area contributed by atoms with Crippen LogP contribution in [0.1, 0.15) is 0 Å². The Morgan fingerprint density at radius 2 is 0.521 bits per heavy atom. The summed E-state index contributed by atoms with van der Waals surface area (Å²) in [5.74, 6) is -1.63. The number of rotatable bonds is 18. The summed E-state index contributed by atoms with van der Waals surface area (Å²) in [6.45, 7) is 0. The van der Waals surface area contributed by atoms with Gasteiger partial charge in [0.2, 0.25) is 6.17 Å². The van der Waals surface area contributed by atoms with Crippen molar-refractivity contribution in [3.63, 3.8) is 0 Å². The van der Waals surface area contributed by atoms with E-state index < -0.39 is 42.0 Å². The highest BCUT2D eigenvalue weighted by Crippen LogP contribution is 2.66. The Morgan fingerprint density at radius 3 is 0.646 bits per heavy atom. The van der Waals surface area contributed by atoms with Crippen LogP contribution in [0.5, 0.6) is 0 Å². The molecule has 0 saturated carbocycles. The Kier molecular flexibility index (Phi) is 19.1. The fourth-order valence-corrected chi connectivity index (χ4v) is 20.1. The van der Waals surface area contributed by atoms with Gasteiger partial charge in [0.05, 0.1) is 0 Å². The lowest BCUT2D eigenvalue weighted by Crippen LogP contribution is -2.44. The van der Waals surface area contributed by atoms with Gasteiger partial charge in [-0.3, -0.25) is 56.0 Å². The fraction of sp³-hybridized carbons (Fsp3) is 1.00. The van der Waals surface area contributed by atoms with Gasteiger partial charge in [-0.2, -0.15) is 9.49 Å². The second kappa shape index (κ2) is 18.7. The number of hydrogen-bond donors (Lipinski definition) is 0. The molecule has 0 aliphatic rings. The molecule has 0 amide bonds. The zero-order valence-corrected chi connectivity index (χ0v) is 39.7. The molecule has 1 atom stereocenters. The second-order valence-electron chi connectivity index (χ2n) is 13.9. The topological polar surface area (TPSA) is 97.5 Å². The van der Waals surface area contributed by atoms with E-state index in [4.69, 9.17) is 23.5 Å². The van der Waals surface area contributed by atoms with Crippen molar-refractivity contribution in [3.05, 3.63) is 0 Å². The first kappa shape index (κ1) is 48.8. The Labute approximate surface area is 299 Å². The van der Waals surface area contributed by atoms with E-state index in [-0.39, 0.29) is 0 Å². The predicted octanol–water partition coefficient (Wildman–Crippen LogP) is 4.30. The first-order chi connectivity index (χ1) is 21.6. The van der Waals surface area contributed by atoms with Crippen LogP contribution in [0, 0.1) is 0 Å². The van der Waals surface area contributed by atoms with Crippen LogP contribution in [0.4, 0.5) is 0 Å². The molecule has 48 heavy (non-hydrogen) atoms. The standard InChI is InChI=1S/C26H75N16OP5/c1-31(2)45(32(3)4,33(5)6)27-25(28-46(34(7)8,35(9)10)36(11)12)26(43-44,29-47(37(13)14,38(15)16)39(17)18)30-48(40(19)20,41(21)22)42(23)24/h25H,44H2,1-24H3. The van der Waals surface area contributed by atoms with Gasteiger partial charge >= 0.3 is 5.85 Å². The minimum Gasteiger partial charge on any atom is -0.315 e. The summed E-state index contributed by atoms with van der Waals surface area (Å²) in [4.78, 5) is 0. The highest BCUT2D eigenvalue weighted by atomic mass is 31.2.